The van der Waals surface area contributed by atoms with Crippen molar-refractivity contribution in [3.05, 3.63) is 60.8 Å². The van der Waals surface area contributed by atoms with E-state index in [1.807, 2.05) is 0 Å². The summed E-state index contributed by atoms with van der Waals surface area (Å²) in [7, 11) is 0. The van der Waals surface area contributed by atoms with Gasteiger partial charge < -0.3 is 14.2 Å². The van der Waals surface area contributed by atoms with Crippen molar-refractivity contribution in [1.82, 2.24) is 0 Å². The number of rotatable bonds is 55. The first-order valence-corrected chi connectivity index (χ1v) is 30.3. The monoisotopic (exact) mass is 979 g/mol. The van der Waals surface area contributed by atoms with E-state index in [2.05, 4.69) is 81.5 Å². The van der Waals surface area contributed by atoms with Crippen LogP contribution in [0, 0.1) is 0 Å². The van der Waals surface area contributed by atoms with Crippen LogP contribution < -0.4 is 0 Å². The maximum atomic E-state index is 12.8. The van der Waals surface area contributed by atoms with E-state index in [4.69, 9.17) is 14.2 Å². The third kappa shape index (κ3) is 56.0. The average molecular weight is 980 g/mol. The Morgan fingerprint density at radius 3 is 0.814 bits per heavy atom. The second-order valence-electron chi connectivity index (χ2n) is 20.3. The largest absolute Gasteiger partial charge is 0.462 e. The van der Waals surface area contributed by atoms with Crippen molar-refractivity contribution in [2.75, 3.05) is 13.2 Å². The van der Waals surface area contributed by atoms with Crippen molar-refractivity contribution in [2.45, 2.75) is 316 Å². The van der Waals surface area contributed by atoms with Gasteiger partial charge >= 0.3 is 17.9 Å². The fourth-order valence-corrected chi connectivity index (χ4v) is 8.66. The lowest BCUT2D eigenvalue weighted by Crippen LogP contribution is -2.30. The van der Waals surface area contributed by atoms with E-state index in [0.717, 1.165) is 83.5 Å². The Kier molecular flexibility index (Phi) is 56.3. The van der Waals surface area contributed by atoms with Gasteiger partial charge in [0, 0.05) is 19.3 Å². The highest BCUT2D eigenvalue weighted by Gasteiger charge is 2.19. The fraction of sp³-hybridized carbons (Fsp3) is 0.797. The molecule has 0 spiro atoms. The number of unbranched alkanes of at least 4 members (excludes halogenated alkanes) is 34. The topological polar surface area (TPSA) is 78.9 Å². The molecule has 0 aliphatic carbocycles. The predicted molar refractivity (Wildman–Crippen MR) is 302 cm³/mol. The number of esters is 3. The van der Waals surface area contributed by atoms with Crippen LogP contribution in [0.5, 0.6) is 0 Å². The number of hydrogen-bond donors (Lipinski definition) is 0. The molecule has 0 radical (unpaired) electrons. The molecule has 0 saturated heterocycles. The molecule has 6 nitrogen and oxygen atoms in total. The summed E-state index contributed by atoms with van der Waals surface area (Å²) >= 11 is 0. The van der Waals surface area contributed by atoms with Crippen molar-refractivity contribution < 1.29 is 28.6 Å². The molecule has 0 bridgehead atoms. The van der Waals surface area contributed by atoms with Crippen LogP contribution in [-0.4, -0.2) is 37.2 Å². The molecule has 0 N–H and O–H groups in total. The maximum absolute atomic E-state index is 12.8. The zero-order chi connectivity index (χ0) is 50.7. The Labute approximate surface area is 434 Å². The van der Waals surface area contributed by atoms with Crippen LogP contribution in [0.2, 0.25) is 0 Å². The lowest BCUT2D eigenvalue weighted by molar-refractivity contribution is -0.167. The predicted octanol–water partition coefficient (Wildman–Crippen LogP) is 20.4. The highest BCUT2D eigenvalue weighted by Crippen LogP contribution is 2.16. The number of carbonyl (C=O) groups excluding carboxylic acids is 3. The molecule has 0 amide bonds. The van der Waals surface area contributed by atoms with E-state index >= 15 is 0 Å². The Morgan fingerprint density at radius 2 is 0.514 bits per heavy atom. The van der Waals surface area contributed by atoms with E-state index in [-0.39, 0.29) is 31.1 Å². The van der Waals surface area contributed by atoms with E-state index in [1.54, 1.807) is 0 Å². The first-order chi connectivity index (χ1) is 34.5. The molecular weight excluding hydrogens is 865 g/mol. The molecule has 0 fully saturated rings. The standard InChI is InChI=1S/C64H114O6/c1-4-7-10-13-16-19-21-23-25-27-29-30-31-32-33-34-35-37-38-40-42-45-48-51-54-57-63(66)69-60-61(59-68-62(65)56-53-50-47-44-18-15-12-9-6-3)70-64(67)58-55-52-49-46-43-41-39-36-28-26-24-22-20-17-14-11-8-5-2/h20-23,26-29,31-32,61H,4-19,24-25,30,33-60H2,1-3H3/b22-20-,23-21-,28-26-,29-27-,32-31-. The SMILES string of the molecule is CCCCCC/C=C\C/C=C\CCCCCCCCCC(=O)OC(COC(=O)CCCCCCCCCCC)COC(=O)CCCCCCCCCCCC/C=C\C/C=C\C/C=C\CCCCCCC. The van der Waals surface area contributed by atoms with Crippen LogP contribution in [0.25, 0.3) is 0 Å². The number of allylic oxidation sites excluding steroid dienone is 10. The second kappa shape index (κ2) is 58.7. The minimum Gasteiger partial charge on any atom is -0.462 e. The molecule has 0 aromatic rings. The van der Waals surface area contributed by atoms with Crippen LogP contribution >= 0.6 is 0 Å². The highest BCUT2D eigenvalue weighted by atomic mass is 16.6. The van der Waals surface area contributed by atoms with E-state index < -0.39 is 6.10 Å². The van der Waals surface area contributed by atoms with Gasteiger partial charge in [0.25, 0.3) is 0 Å². The summed E-state index contributed by atoms with van der Waals surface area (Å²) < 4.78 is 16.8. The summed E-state index contributed by atoms with van der Waals surface area (Å²) in [6, 6.07) is 0. The highest BCUT2D eigenvalue weighted by molar-refractivity contribution is 5.71. The second-order valence-corrected chi connectivity index (χ2v) is 20.3. The number of carbonyl (C=O) groups is 3. The molecule has 70 heavy (non-hydrogen) atoms. The molecule has 1 atom stereocenters. The Morgan fingerprint density at radius 1 is 0.286 bits per heavy atom. The zero-order valence-electron chi connectivity index (χ0n) is 46.5. The van der Waals surface area contributed by atoms with E-state index in [1.165, 1.54) is 186 Å². The van der Waals surface area contributed by atoms with Gasteiger partial charge in [0.05, 0.1) is 0 Å². The Bertz CT molecular complexity index is 1260. The molecule has 406 valence electrons. The molecule has 0 saturated carbocycles. The van der Waals surface area contributed by atoms with Crippen LogP contribution in [0.4, 0.5) is 0 Å². The van der Waals surface area contributed by atoms with Crippen molar-refractivity contribution in [3.63, 3.8) is 0 Å². The van der Waals surface area contributed by atoms with E-state index in [9.17, 15) is 14.4 Å². The van der Waals surface area contributed by atoms with Crippen LogP contribution in [0.3, 0.4) is 0 Å². The first kappa shape index (κ1) is 67.1. The molecular formula is C64H114O6. The third-order valence-corrected chi connectivity index (χ3v) is 13.2. The summed E-state index contributed by atoms with van der Waals surface area (Å²) in [6.07, 6.45) is 73.7. The summed E-state index contributed by atoms with van der Waals surface area (Å²) in [5.41, 5.74) is 0. The maximum Gasteiger partial charge on any atom is 0.306 e. The normalized spacial score (nSPS) is 12.4. The van der Waals surface area contributed by atoms with Gasteiger partial charge in [-0.25, -0.2) is 0 Å². The summed E-state index contributed by atoms with van der Waals surface area (Å²) in [6.45, 7) is 6.61. The van der Waals surface area contributed by atoms with Gasteiger partial charge in [0.1, 0.15) is 13.2 Å². The summed E-state index contributed by atoms with van der Waals surface area (Å²) in [4.78, 5) is 38.1. The Hall–Kier alpha value is -2.89. The molecule has 0 aliphatic rings. The lowest BCUT2D eigenvalue weighted by Gasteiger charge is -2.18. The first-order valence-electron chi connectivity index (χ1n) is 30.3. The lowest BCUT2D eigenvalue weighted by atomic mass is 10.1. The third-order valence-electron chi connectivity index (χ3n) is 13.2. The molecule has 0 aliphatic heterocycles. The minimum absolute atomic E-state index is 0.0764. The molecule has 0 aromatic heterocycles. The molecule has 0 rings (SSSR count). The summed E-state index contributed by atoms with van der Waals surface area (Å²) in [5.74, 6) is -0.879. The van der Waals surface area contributed by atoms with Gasteiger partial charge in [-0.15, -0.1) is 0 Å². The molecule has 1 unspecified atom stereocenters. The average Bonchev–Trinajstić information content (AvgIpc) is 3.36. The van der Waals surface area contributed by atoms with E-state index in [0.29, 0.717) is 19.3 Å². The quantitative estimate of drug-likeness (QED) is 0.0261. The van der Waals surface area contributed by atoms with Crippen molar-refractivity contribution in [1.29, 1.82) is 0 Å². The van der Waals surface area contributed by atoms with Gasteiger partial charge in [0.2, 0.25) is 0 Å². The Balaban J connectivity index is 4.23. The van der Waals surface area contributed by atoms with Gasteiger partial charge in [-0.1, -0.05) is 261 Å². The summed E-state index contributed by atoms with van der Waals surface area (Å²) in [5, 5.41) is 0. The van der Waals surface area contributed by atoms with Gasteiger partial charge in [-0.05, 0) is 89.9 Å². The van der Waals surface area contributed by atoms with Crippen LogP contribution in [0.1, 0.15) is 310 Å². The zero-order valence-corrected chi connectivity index (χ0v) is 46.5. The van der Waals surface area contributed by atoms with Gasteiger partial charge in [-0.2, -0.15) is 0 Å². The van der Waals surface area contributed by atoms with Crippen molar-refractivity contribution >= 4 is 17.9 Å². The smallest absolute Gasteiger partial charge is 0.306 e. The van der Waals surface area contributed by atoms with Crippen molar-refractivity contribution in [3.8, 4) is 0 Å². The minimum atomic E-state index is -0.778. The molecule has 0 heterocycles. The fourth-order valence-electron chi connectivity index (χ4n) is 8.66. The number of hydrogen-bond acceptors (Lipinski definition) is 6. The van der Waals surface area contributed by atoms with Crippen LogP contribution in [-0.2, 0) is 28.6 Å². The number of ether oxygens (including phenoxy) is 3. The molecule has 0 aromatic carbocycles. The van der Waals surface area contributed by atoms with Crippen LogP contribution in [0.15, 0.2) is 60.8 Å². The van der Waals surface area contributed by atoms with Crippen molar-refractivity contribution in [2.24, 2.45) is 0 Å². The molecule has 6 heteroatoms. The van der Waals surface area contributed by atoms with Gasteiger partial charge in [0.15, 0.2) is 6.10 Å². The van der Waals surface area contributed by atoms with Gasteiger partial charge in [-0.3, -0.25) is 14.4 Å².